The van der Waals surface area contributed by atoms with Gasteiger partial charge in [-0.3, -0.25) is 14.1 Å². The molecule has 0 amide bonds. The Labute approximate surface area is 105 Å². The SMILES string of the molecule is O=C(c1ccccc1)C(F)C(=O)C(F)(F)S(=O)(=O)O. The fourth-order valence-corrected chi connectivity index (χ4v) is 1.50. The minimum absolute atomic E-state index is 0.380. The summed E-state index contributed by atoms with van der Waals surface area (Å²) in [5.41, 5.74) is -0.380. The minimum Gasteiger partial charge on any atom is -0.290 e. The first-order valence-electron chi connectivity index (χ1n) is 4.71. The summed E-state index contributed by atoms with van der Waals surface area (Å²) in [5, 5.41) is -5.38. The third-order valence-corrected chi connectivity index (χ3v) is 2.98. The number of benzene rings is 1. The van der Waals surface area contributed by atoms with Crippen molar-refractivity contribution < 1.29 is 35.7 Å². The zero-order chi connectivity index (χ0) is 14.8. The highest BCUT2D eigenvalue weighted by molar-refractivity contribution is 7.87. The molecule has 0 aromatic heterocycles. The second-order valence-electron chi connectivity index (χ2n) is 3.45. The number of carbonyl (C=O) groups is 2. The van der Waals surface area contributed by atoms with Gasteiger partial charge in [-0.15, -0.1) is 0 Å². The number of Topliss-reactive ketones (excluding diaryl/α,β-unsaturated/α-hetero) is 2. The van der Waals surface area contributed by atoms with Crippen molar-refractivity contribution in [1.82, 2.24) is 0 Å². The molecule has 1 atom stereocenters. The molecule has 0 saturated carbocycles. The molecule has 0 spiro atoms. The van der Waals surface area contributed by atoms with Crippen LogP contribution in [0.4, 0.5) is 13.2 Å². The average Bonchev–Trinajstić information content (AvgIpc) is 2.35. The number of hydrogen-bond acceptors (Lipinski definition) is 4. The second kappa shape index (κ2) is 5.10. The molecule has 0 heterocycles. The van der Waals surface area contributed by atoms with Gasteiger partial charge in [0.25, 0.3) is 5.78 Å². The summed E-state index contributed by atoms with van der Waals surface area (Å²) in [6.07, 6.45) is -3.39. The summed E-state index contributed by atoms with van der Waals surface area (Å²) in [4.78, 5) is 22.3. The van der Waals surface area contributed by atoms with Crippen molar-refractivity contribution in [2.24, 2.45) is 0 Å². The minimum atomic E-state index is -6.14. The van der Waals surface area contributed by atoms with Crippen molar-refractivity contribution in [2.75, 3.05) is 0 Å². The summed E-state index contributed by atoms with van der Waals surface area (Å²) in [6, 6.07) is 6.18. The van der Waals surface area contributed by atoms with Crippen LogP contribution < -0.4 is 0 Å². The van der Waals surface area contributed by atoms with Crippen molar-refractivity contribution in [2.45, 2.75) is 11.4 Å². The Morgan fingerprint density at radius 3 is 2.05 bits per heavy atom. The van der Waals surface area contributed by atoms with Crippen LogP contribution in [-0.4, -0.2) is 36.0 Å². The van der Waals surface area contributed by atoms with E-state index in [4.69, 9.17) is 4.55 Å². The van der Waals surface area contributed by atoms with Crippen molar-refractivity contribution >= 4 is 21.7 Å². The fourth-order valence-electron chi connectivity index (χ4n) is 1.14. The van der Waals surface area contributed by atoms with Crippen molar-refractivity contribution in [1.29, 1.82) is 0 Å². The van der Waals surface area contributed by atoms with Crippen LogP contribution in [0.25, 0.3) is 0 Å². The van der Waals surface area contributed by atoms with Crippen LogP contribution in [0.3, 0.4) is 0 Å². The first-order valence-corrected chi connectivity index (χ1v) is 6.15. The predicted octanol–water partition coefficient (Wildman–Crippen LogP) is 1.26. The lowest BCUT2D eigenvalue weighted by atomic mass is 10.0. The van der Waals surface area contributed by atoms with Gasteiger partial charge in [0.05, 0.1) is 0 Å². The highest BCUT2D eigenvalue weighted by Crippen LogP contribution is 2.25. The summed E-state index contributed by atoms with van der Waals surface area (Å²) < 4.78 is 67.8. The number of alkyl halides is 3. The van der Waals surface area contributed by atoms with Crippen molar-refractivity contribution in [3.05, 3.63) is 35.9 Å². The maximum atomic E-state index is 13.3. The molecule has 0 bridgehead atoms. The van der Waals surface area contributed by atoms with E-state index in [1.165, 1.54) is 18.2 Å². The summed E-state index contributed by atoms with van der Waals surface area (Å²) >= 11 is 0. The van der Waals surface area contributed by atoms with Gasteiger partial charge in [-0.2, -0.15) is 17.2 Å². The zero-order valence-electron chi connectivity index (χ0n) is 9.09. The molecule has 104 valence electrons. The molecule has 0 fully saturated rings. The van der Waals surface area contributed by atoms with Crippen molar-refractivity contribution in [3.8, 4) is 0 Å². The van der Waals surface area contributed by atoms with Gasteiger partial charge in [0.15, 0.2) is 0 Å². The molecule has 1 unspecified atom stereocenters. The Kier molecular flexibility index (Phi) is 4.11. The van der Waals surface area contributed by atoms with E-state index < -0.39 is 33.1 Å². The van der Waals surface area contributed by atoms with Gasteiger partial charge in [0.2, 0.25) is 12.0 Å². The van der Waals surface area contributed by atoms with Crippen LogP contribution in [0.15, 0.2) is 30.3 Å². The topological polar surface area (TPSA) is 88.5 Å². The number of ketones is 2. The lowest BCUT2D eigenvalue weighted by Crippen LogP contribution is -2.45. The maximum absolute atomic E-state index is 13.3. The molecule has 0 saturated heterocycles. The van der Waals surface area contributed by atoms with Crippen LogP contribution in [0.5, 0.6) is 0 Å². The lowest BCUT2D eigenvalue weighted by molar-refractivity contribution is -0.137. The van der Waals surface area contributed by atoms with E-state index in [0.29, 0.717) is 0 Å². The van der Waals surface area contributed by atoms with Gasteiger partial charge in [-0.25, -0.2) is 4.39 Å². The number of rotatable bonds is 5. The molecule has 0 radical (unpaired) electrons. The highest BCUT2D eigenvalue weighted by atomic mass is 32.2. The molecule has 9 heteroatoms. The molecule has 1 rings (SSSR count). The van der Waals surface area contributed by atoms with E-state index in [1.54, 1.807) is 0 Å². The molecule has 0 aliphatic heterocycles. The molecule has 5 nitrogen and oxygen atoms in total. The maximum Gasteiger partial charge on any atom is 0.430 e. The van der Waals surface area contributed by atoms with Crippen LogP contribution in [-0.2, 0) is 14.9 Å². The average molecular weight is 296 g/mol. The molecule has 0 aliphatic carbocycles. The summed E-state index contributed by atoms with van der Waals surface area (Å²) in [6.45, 7) is 0. The van der Waals surface area contributed by atoms with E-state index in [0.717, 1.165) is 12.1 Å². The van der Waals surface area contributed by atoms with Gasteiger partial charge in [-0.1, -0.05) is 30.3 Å². The first-order chi connectivity index (χ1) is 8.59. The normalized spacial score (nSPS) is 13.9. The Morgan fingerprint density at radius 1 is 1.16 bits per heavy atom. The van der Waals surface area contributed by atoms with E-state index >= 15 is 0 Å². The fraction of sp³-hybridized carbons (Fsp3) is 0.200. The molecular formula is C10H7F3O5S. The Morgan fingerprint density at radius 2 is 1.63 bits per heavy atom. The van der Waals surface area contributed by atoms with Gasteiger partial charge >= 0.3 is 15.4 Å². The summed E-state index contributed by atoms with van der Waals surface area (Å²) in [7, 11) is -6.14. The second-order valence-corrected chi connectivity index (χ2v) is 4.91. The van der Waals surface area contributed by atoms with Gasteiger partial charge in [-0.05, 0) is 0 Å². The van der Waals surface area contributed by atoms with Crippen LogP contribution >= 0.6 is 0 Å². The summed E-state index contributed by atoms with van der Waals surface area (Å²) in [5.74, 6) is -4.45. The third kappa shape index (κ3) is 2.99. The lowest BCUT2D eigenvalue weighted by Gasteiger charge is -2.13. The highest BCUT2D eigenvalue weighted by Gasteiger charge is 2.56. The first kappa shape index (κ1) is 15.3. The predicted molar refractivity (Wildman–Crippen MR) is 57.2 cm³/mol. The van der Waals surface area contributed by atoms with E-state index in [9.17, 15) is 31.2 Å². The zero-order valence-corrected chi connectivity index (χ0v) is 9.90. The molecule has 1 aromatic carbocycles. The smallest absolute Gasteiger partial charge is 0.290 e. The molecule has 19 heavy (non-hydrogen) atoms. The largest absolute Gasteiger partial charge is 0.430 e. The van der Waals surface area contributed by atoms with Gasteiger partial charge in [0, 0.05) is 5.56 Å². The van der Waals surface area contributed by atoms with Crippen molar-refractivity contribution in [3.63, 3.8) is 0 Å². The standard InChI is InChI=1S/C10H7F3O5S/c11-7(8(14)6-4-2-1-3-5-6)9(15)10(12,13)19(16,17)18/h1-5,7H,(H,16,17,18). The number of halogens is 3. The molecular weight excluding hydrogens is 289 g/mol. The van der Waals surface area contributed by atoms with Gasteiger partial charge in [0.1, 0.15) is 0 Å². The van der Waals surface area contributed by atoms with Gasteiger partial charge < -0.3 is 0 Å². The Balaban J connectivity index is 3.06. The van der Waals surface area contributed by atoms with Crippen LogP contribution in [0.1, 0.15) is 10.4 Å². The van der Waals surface area contributed by atoms with E-state index in [2.05, 4.69) is 0 Å². The third-order valence-electron chi connectivity index (χ3n) is 2.13. The Hall–Kier alpha value is -1.74. The van der Waals surface area contributed by atoms with Crippen LogP contribution in [0.2, 0.25) is 0 Å². The molecule has 1 aromatic rings. The van der Waals surface area contributed by atoms with E-state index in [-0.39, 0.29) is 5.56 Å². The number of carbonyl (C=O) groups excluding carboxylic acids is 2. The number of hydrogen-bond donors (Lipinski definition) is 1. The Bertz CT molecular complexity index is 597. The monoisotopic (exact) mass is 296 g/mol. The molecule has 0 aliphatic rings. The van der Waals surface area contributed by atoms with E-state index in [1.807, 2.05) is 0 Å². The quantitative estimate of drug-likeness (QED) is 0.502. The molecule has 1 N–H and O–H groups in total. The van der Waals surface area contributed by atoms with Crippen LogP contribution in [0, 0.1) is 0 Å².